The summed E-state index contributed by atoms with van der Waals surface area (Å²) in [6.07, 6.45) is 38.8. The Bertz CT molecular complexity index is 325. The molecule has 0 bridgehead atoms. The highest BCUT2D eigenvalue weighted by atomic mass is 16.2. The first kappa shape index (κ1) is 27.2. The molecule has 3 saturated carbocycles. The second-order valence-corrected chi connectivity index (χ2v) is 8.11. The van der Waals surface area contributed by atoms with Crippen LogP contribution in [0.25, 0.3) is 0 Å². The van der Waals surface area contributed by atoms with Gasteiger partial charge < -0.3 is 5.11 Å². The van der Waals surface area contributed by atoms with E-state index < -0.39 is 0 Å². The number of rotatable bonds is 13. The summed E-state index contributed by atoms with van der Waals surface area (Å²) in [4.78, 5) is 0. The fourth-order valence-electron chi connectivity index (χ4n) is 1.91. The Hall–Kier alpha value is -0.820. The Morgan fingerprint density at radius 2 is 0.893 bits per heavy atom. The Labute approximate surface area is 177 Å². The maximum absolute atomic E-state index is 8.65. The minimum absolute atomic E-state index is 0.352. The van der Waals surface area contributed by atoms with Crippen molar-refractivity contribution in [2.75, 3.05) is 6.61 Å². The molecule has 0 aromatic rings. The molecule has 0 saturated heterocycles. The SMILES string of the molecule is C1CC1.C1CC1.C1CC1.CC/C=C\C/C=C\C/C=C\CCCCCCCCO. The third-order valence-electron chi connectivity index (χ3n) is 4.12. The maximum Gasteiger partial charge on any atom is 0.0431 e. The predicted molar refractivity (Wildman–Crippen MR) is 128 cm³/mol. The topological polar surface area (TPSA) is 20.2 Å². The summed E-state index contributed by atoms with van der Waals surface area (Å²) in [7, 11) is 0. The van der Waals surface area contributed by atoms with E-state index in [2.05, 4.69) is 43.4 Å². The van der Waals surface area contributed by atoms with E-state index in [0.717, 1.165) is 25.7 Å². The summed E-state index contributed by atoms with van der Waals surface area (Å²) in [6, 6.07) is 0. The van der Waals surface area contributed by atoms with Crippen molar-refractivity contribution in [3.8, 4) is 0 Å². The molecule has 0 amide bonds. The van der Waals surface area contributed by atoms with Crippen molar-refractivity contribution < 1.29 is 5.11 Å². The van der Waals surface area contributed by atoms with Crippen LogP contribution in [0, 0.1) is 0 Å². The van der Waals surface area contributed by atoms with Crippen molar-refractivity contribution in [1.29, 1.82) is 0 Å². The first-order chi connectivity index (χ1) is 13.9. The average Bonchev–Trinajstić information content (AvgIpc) is 3.60. The van der Waals surface area contributed by atoms with Gasteiger partial charge in [0.1, 0.15) is 0 Å². The predicted octanol–water partition coefficient (Wildman–Crippen LogP) is 9.08. The third kappa shape index (κ3) is 44.5. The van der Waals surface area contributed by atoms with Crippen molar-refractivity contribution in [1.82, 2.24) is 0 Å². The van der Waals surface area contributed by atoms with Crippen LogP contribution in [0.15, 0.2) is 36.5 Å². The zero-order chi connectivity index (χ0) is 20.4. The minimum atomic E-state index is 0.352. The summed E-state index contributed by atoms with van der Waals surface area (Å²) in [5.41, 5.74) is 0. The zero-order valence-corrected chi connectivity index (χ0v) is 19.1. The van der Waals surface area contributed by atoms with E-state index in [-0.39, 0.29) is 0 Å². The standard InChI is InChI=1S/C18H32O.3C3H6/c1-2-3-4-5-6-7-8-9-10-11-12-13-14-15-16-17-18-19;3*1-2-3-1/h3-4,6-7,9-10,19H,2,5,8,11-18H2,1H3;3*1-3H2/b4-3-,7-6-,10-9-;;;. The molecule has 0 unspecified atom stereocenters. The second kappa shape index (κ2) is 26.2. The van der Waals surface area contributed by atoms with Crippen LogP contribution in [0.4, 0.5) is 0 Å². The maximum atomic E-state index is 8.65. The van der Waals surface area contributed by atoms with E-state index in [9.17, 15) is 0 Å². The summed E-state index contributed by atoms with van der Waals surface area (Å²) in [6.45, 7) is 2.51. The number of hydrogen-bond acceptors (Lipinski definition) is 1. The van der Waals surface area contributed by atoms with Crippen molar-refractivity contribution in [2.45, 2.75) is 129 Å². The zero-order valence-electron chi connectivity index (χ0n) is 19.1. The number of hydrogen-bond donors (Lipinski definition) is 1. The smallest absolute Gasteiger partial charge is 0.0431 e. The van der Waals surface area contributed by atoms with Gasteiger partial charge in [-0.3, -0.25) is 0 Å². The van der Waals surface area contributed by atoms with Gasteiger partial charge in [0.05, 0.1) is 0 Å². The summed E-state index contributed by atoms with van der Waals surface area (Å²) in [5, 5.41) is 8.65. The van der Waals surface area contributed by atoms with Crippen LogP contribution < -0.4 is 0 Å². The molecular formula is C27H50O. The molecule has 3 fully saturated rings. The molecule has 0 radical (unpaired) electrons. The molecule has 3 aliphatic rings. The number of aliphatic hydroxyl groups excluding tert-OH is 1. The van der Waals surface area contributed by atoms with E-state index in [0.29, 0.717) is 6.61 Å². The quantitative estimate of drug-likeness (QED) is 0.245. The van der Waals surface area contributed by atoms with Gasteiger partial charge in [-0.05, 0) is 38.5 Å². The van der Waals surface area contributed by atoms with Crippen LogP contribution in [0.2, 0.25) is 0 Å². The van der Waals surface area contributed by atoms with E-state index in [4.69, 9.17) is 5.11 Å². The van der Waals surface area contributed by atoms with Crippen LogP contribution in [0.1, 0.15) is 129 Å². The molecule has 1 nitrogen and oxygen atoms in total. The summed E-state index contributed by atoms with van der Waals surface area (Å²) in [5.74, 6) is 0. The fourth-order valence-corrected chi connectivity index (χ4v) is 1.91. The molecule has 0 heterocycles. The van der Waals surface area contributed by atoms with Gasteiger partial charge in [0.25, 0.3) is 0 Å². The lowest BCUT2D eigenvalue weighted by Gasteiger charge is -1.98. The van der Waals surface area contributed by atoms with Gasteiger partial charge in [0.2, 0.25) is 0 Å². The molecule has 1 heteroatoms. The van der Waals surface area contributed by atoms with Crippen LogP contribution in [0.5, 0.6) is 0 Å². The molecular weight excluding hydrogens is 340 g/mol. The van der Waals surface area contributed by atoms with Gasteiger partial charge in [-0.25, -0.2) is 0 Å². The van der Waals surface area contributed by atoms with Crippen LogP contribution >= 0.6 is 0 Å². The lowest BCUT2D eigenvalue weighted by Crippen LogP contribution is -1.83. The largest absolute Gasteiger partial charge is 0.396 e. The number of unbranched alkanes of at least 4 members (excludes halogenated alkanes) is 6. The van der Waals surface area contributed by atoms with Crippen molar-refractivity contribution in [3.63, 3.8) is 0 Å². The van der Waals surface area contributed by atoms with Crippen LogP contribution in [-0.2, 0) is 0 Å². The van der Waals surface area contributed by atoms with Gasteiger partial charge in [-0.2, -0.15) is 0 Å². The summed E-state index contributed by atoms with van der Waals surface area (Å²) >= 11 is 0. The van der Waals surface area contributed by atoms with Crippen molar-refractivity contribution in [3.05, 3.63) is 36.5 Å². The minimum Gasteiger partial charge on any atom is -0.396 e. The van der Waals surface area contributed by atoms with Gasteiger partial charge in [-0.1, -0.05) is 127 Å². The molecule has 1 N–H and O–H groups in total. The van der Waals surface area contributed by atoms with Gasteiger partial charge in [0, 0.05) is 6.61 Å². The average molecular weight is 391 g/mol. The molecule has 0 atom stereocenters. The molecule has 0 aromatic heterocycles. The van der Waals surface area contributed by atoms with Gasteiger partial charge in [0.15, 0.2) is 0 Å². The first-order valence-corrected chi connectivity index (χ1v) is 12.5. The molecule has 0 aliphatic heterocycles. The second-order valence-electron chi connectivity index (χ2n) is 8.11. The van der Waals surface area contributed by atoms with E-state index in [1.807, 2.05) is 0 Å². The van der Waals surface area contributed by atoms with Gasteiger partial charge >= 0.3 is 0 Å². The van der Waals surface area contributed by atoms with Crippen LogP contribution in [0.3, 0.4) is 0 Å². The molecule has 3 rings (SSSR count). The lowest BCUT2D eigenvalue weighted by molar-refractivity contribution is 0.282. The van der Waals surface area contributed by atoms with E-state index in [1.165, 1.54) is 96.3 Å². The molecule has 0 aromatic carbocycles. The Morgan fingerprint density at radius 3 is 1.32 bits per heavy atom. The lowest BCUT2D eigenvalue weighted by atomic mass is 10.1. The van der Waals surface area contributed by atoms with Crippen molar-refractivity contribution >= 4 is 0 Å². The number of allylic oxidation sites excluding steroid dienone is 6. The van der Waals surface area contributed by atoms with E-state index >= 15 is 0 Å². The Balaban J connectivity index is 0.000000637. The van der Waals surface area contributed by atoms with Crippen LogP contribution in [-0.4, -0.2) is 11.7 Å². The number of aliphatic hydroxyl groups is 1. The molecule has 28 heavy (non-hydrogen) atoms. The van der Waals surface area contributed by atoms with Gasteiger partial charge in [-0.15, -0.1) is 0 Å². The highest BCUT2D eigenvalue weighted by Gasteiger charge is 1.95. The highest BCUT2D eigenvalue weighted by molar-refractivity contribution is 4.96. The summed E-state index contributed by atoms with van der Waals surface area (Å²) < 4.78 is 0. The van der Waals surface area contributed by atoms with Crippen molar-refractivity contribution in [2.24, 2.45) is 0 Å². The first-order valence-electron chi connectivity index (χ1n) is 12.5. The fraction of sp³-hybridized carbons (Fsp3) is 0.778. The Kier molecular flexibility index (Phi) is 25.4. The van der Waals surface area contributed by atoms with E-state index in [1.54, 1.807) is 0 Å². The Morgan fingerprint density at radius 1 is 0.500 bits per heavy atom. The monoisotopic (exact) mass is 390 g/mol. The highest BCUT2D eigenvalue weighted by Crippen LogP contribution is 2.15. The molecule has 0 spiro atoms. The molecule has 164 valence electrons. The normalized spacial score (nSPS) is 16.1. The molecule has 3 aliphatic carbocycles. The third-order valence-corrected chi connectivity index (χ3v) is 4.12.